The van der Waals surface area contributed by atoms with Crippen LogP contribution in [0.1, 0.15) is 36.0 Å². The van der Waals surface area contributed by atoms with Crippen LogP contribution < -0.4 is 10.2 Å². The fourth-order valence-electron chi connectivity index (χ4n) is 2.44. The minimum atomic E-state index is -0.670. The molecule has 1 aromatic carbocycles. The second kappa shape index (κ2) is 9.01. The van der Waals surface area contributed by atoms with E-state index < -0.39 is 17.8 Å². The average molecular weight is 382 g/mol. The molecule has 0 aliphatic rings. The second-order valence-electron chi connectivity index (χ2n) is 5.82. The molecule has 3 aromatic rings. The van der Waals surface area contributed by atoms with E-state index in [0.717, 1.165) is 0 Å². The molecule has 0 saturated heterocycles. The molecule has 2 aromatic heterocycles. The van der Waals surface area contributed by atoms with E-state index in [9.17, 15) is 9.18 Å². The van der Waals surface area contributed by atoms with Gasteiger partial charge in [0.15, 0.2) is 0 Å². The van der Waals surface area contributed by atoms with Gasteiger partial charge in [-0.3, -0.25) is 14.6 Å². The molecule has 144 valence electrons. The maximum Gasteiger partial charge on any atom is 0.295 e. The van der Waals surface area contributed by atoms with E-state index in [4.69, 9.17) is 9.57 Å². The van der Waals surface area contributed by atoms with Crippen LogP contribution in [0.2, 0.25) is 0 Å². The number of halogens is 1. The standard InChI is InChI=1S/C20H19FN4O3/c1-3-27-19-9-8-14(10-23-19)17-11-22-12-18(24-17)20(26)25-28-13(2)15-6-4-5-7-16(15)21/h4-13H,3H2,1-2H3,(H,25,26)/t13-/m0/s1. The lowest BCUT2D eigenvalue weighted by molar-refractivity contribution is -0.0106. The van der Waals surface area contributed by atoms with Gasteiger partial charge in [0, 0.05) is 23.4 Å². The molecule has 0 unspecified atom stereocenters. The number of amides is 1. The van der Waals surface area contributed by atoms with Gasteiger partial charge in [0.2, 0.25) is 5.88 Å². The Morgan fingerprint density at radius 3 is 2.71 bits per heavy atom. The third kappa shape index (κ3) is 4.66. The zero-order chi connectivity index (χ0) is 19.9. The zero-order valence-corrected chi connectivity index (χ0v) is 15.4. The summed E-state index contributed by atoms with van der Waals surface area (Å²) in [5.74, 6) is -0.492. The summed E-state index contributed by atoms with van der Waals surface area (Å²) in [4.78, 5) is 30.1. The lowest BCUT2D eigenvalue weighted by Gasteiger charge is -2.14. The number of benzene rings is 1. The first kappa shape index (κ1) is 19.4. The molecule has 7 nitrogen and oxygen atoms in total. The summed E-state index contributed by atoms with van der Waals surface area (Å²) in [5.41, 5.74) is 3.85. The molecule has 0 radical (unpaired) electrons. The van der Waals surface area contributed by atoms with Crippen molar-refractivity contribution >= 4 is 5.91 Å². The topological polar surface area (TPSA) is 86.2 Å². The van der Waals surface area contributed by atoms with Crippen molar-refractivity contribution in [3.63, 3.8) is 0 Å². The van der Waals surface area contributed by atoms with Gasteiger partial charge in [-0.05, 0) is 26.0 Å². The maximum atomic E-state index is 13.8. The number of rotatable bonds is 7. The first-order valence-corrected chi connectivity index (χ1v) is 8.70. The summed E-state index contributed by atoms with van der Waals surface area (Å²) >= 11 is 0. The summed E-state index contributed by atoms with van der Waals surface area (Å²) in [6.07, 6.45) is 3.76. The number of nitrogens with zero attached hydrogens (tertiary/aromatic N) is 3. The number of carbonyl (C=O) groups is 1. The Morgan fingerprint density at radius 2 is 2.00 bits per heavy atom. The van der Waals surface area contributed by atoms with Crippen LogP contribution in [0.4, 0.5) is 4.39 Å². The Balaban J connectivity index is 1.67. The largest absolute Gasteiger partial charge is 0.478 e. The number of nitrogens with one attached hydrogen (secondary N) is 1. The van der Waals surface area contributed by atoms with Gasteiger partial charge in [-0.1, -0.05) is 18.2 Å². The highest BCUT2D eigenvalue weighted by Crippen LogP contribution is 2.20. The molecule has 1 atom stereocenters. The highest BCUT2D eigenvalue weighted by atomic mass is 19.1. The van der Waals surface area contributed by atoms with Crippen molar-refractivity contribution in [1.29, 1.82) is 0 Å². The van der Waals surface area contributed by atoms with Crippen LogP contribution in [0.15, 0.2) is 55.0 Å². The Labute approximate surface area is 161 Å². The second-order valence-corrected chi connectivity index (χ2v) is 5.82. The maximum absolute atomic E-state index is 13.8. The molecule has 0 spiro atoms. The quantitative estimate of drug-likeness (QED) is 0.630. The molecular formula is C20H19FN4O3. The van der Waals surface area contributed by atoms with Crippen LogP contribution in [0.25, 0.3) is 11.3 Å². The highest BCUT2D eigenvalue weighted by Gasteiger charge is 2.15. The van der Waals surface area contributed by atoms with Crippen molar-refractivity contribution in [3.05, 3.63) is 72.1 Å². The zero-order valence-electron chi connectivity index (χ0n) is 15.4. The summed E-state index contributed by atoms with van der Waals surface area (Å²) in [6.45, 7) is 4.03. The molecule has 2 heterocycles. The van der Waals surface area contributed by atoms with Gasteiger partial charge in [-0.2, -0.15) is 0 Å². The van der Waals surface area contributed by atoms with Gasteiger partial charge in [-0.25, -0.2) is 19.8 Å². The Kier molecular flexibility index (Phi) is 6.23. The minimum Gasteiger partial charge on any atom is -0.478 e. The Morgan fingerprint density at radius 1 is 1.18 bits per heavy atom. The molecule has 0 fully saturated rings. The SMILES string of the molecule is CCOc1ccc(-c2cncc(C(=O)NO[C@@H](C)c3ccccc3F)n2)cn1. The van der Waals surface area contributed by atoms with Crippen molar-refractivity contribution in [2.24, 2.45) is 0 Å². The smallest absolute Gasteiger partial charge is 0.295 e. The molecule has 0 bridgehead atoms. The third-order valence-electron chi connectivity index (χ3n) is 3.86. The van der Waals surface area contributed by atoms with Crippen molar-refractivity contribution in [3.8, 4) is 17.1 Å². The number of hydroxylamine groups is 1. The fourth-order valence-corrected chi connectivity index (χ4v) is 2.44. The van der Waals surface area contributed by atoms with E-state index in [1.807, 2.05) is 6.92 Å². The van der Waals surface area contributed by atoms with Crippen LogP contribution >= 0.6 is 0 Å². The number of hydrogen-bond acceptors (Lipinski definition) is 6. The summed E-state index contributed by atoms with van der Waals surface area (Å²) in [5, 5.41) is 0. The van der Waals surface area contributed by atoms with Gasteiger partial charge in [-0.15, -0.1) is 0 Å². The average Bonchev–Trinajstić information content (AvgIpc) is 2.73. The summed E-state index contributed by atoms with van der Waals surface area (Å²) < 4.78 is 19.1. The van der Waals surface area contributed by atoms with Crippen molar-refractivity contribution in [2.45, 2.75) is 20.0 Å². The van der Waals surface area contributed by atoms with Crippen molar-refractivity contribution in [1.82, 2.24) is 20.4 Å². The molecule has 3 rings (SSSR count). The molecule has 1 amide bonds. The van der Waals surface area contributed by atoms with Crippen molar-refractivity contribution < 1.29 is 18.8 Å². The fraction of sp³-hybridized carbons (Fsp3) is 0.200. The van der Waals surface area contributed by atoms with Gasteiger partial charge in [0.05, 0.1) is 24.7 Å². The van der Waals surface area contributed by atoms with Crippen molar-refractivity contribution in [2.75, 3.05) is 6.61 Å². The van der Waals surface area contributed by atoms with Gasteiger partial charge < -0.3 is 4.74 Å². The molecule has 0 saturated carbocycles. The Hall–Kier alpha value is -3.39. The third-order valence-corrected chi connectivity index (χ3v) is 3.86. The molecular weight excluding hydrogens is 363 g/mol. The van der Waals surface area contributed by atoms with E-state index in [1.165, 1.54) is 18.5 Å². The highest BCUT2D eigenvalue weighted by molar-refractivity contribution is 5.91. The molecule has 1 N–H and O–H groups in total. The van der Waals surface area contributed by atoms with Gasteiger partial charge >= 0.3 is 0 Å². The van der Waals surface area contributed by atoms with E-state index in [2.05, 4.69) is 20.4 Å². The predicted molar refractivity (Wildman–Crippen MR) is 99.8 cm³/mol. The first-order valence-electron chi connectivity index (χ1n) is 8.70. The van der Waals surface area contributed by atoms with Crippen LogP contribution in [0, 0.1) is 5.82 Å². The minimum absolute atomic E-state index is 0.0621. The number of ether oxygens (including phenoxy) is 1. The number of carbonyl (C=O) groups excluding carboxylic acids is 1. The van der Waals surface area contributed by atoms with E-state index in [1.54, 1.807) is 43.5 Å². The molecule has 0 aliphatic heterocycles. The van der Waals surface area contributed by atoms with Crippen LogP contribution in [-0.4, -0.2) is 27.5 Å². The Bertz CT molecular complexity index is 950. The number of aromatic nitrogens is 3. The molecule has 0 aliphatic carbocycles. The van der Waals surface area contributed by atoms with Crippen LogP contribution in [0.5, 0.6) is 5.88 Å². The normalized spacial score (nSPS) is 11.7. The lowest BCUT2D eigenvalue weighted by Crippen LogP contribution is -2.26. The lowest BCUT2D eigenvalue weighted by atomic mass is 10.1. The number of pyridine rings is 1. The van der Waals surface area contributed by atoms with Crippen LogP contribution in [-0.2, 0) is 4.84 Å². The van der Waals surface area contributed by atoms with E-state index in [-0.39, 0.29) is 5.69 Å². The van der Waals surface area contributed by atoms with Gasteiger partial charge in [0.25, 0.3) is 5.91 Å². The first-order chi connectivity index (χ1) is 13.6. The van der Waals surface area contributed by atoms with Gasteiger partial charge in [0.1, 0.15) is 17.6 Å². The molecule has 28 heavy (non-hydrogen) atoms. The number of hydrogen-bond donors (Lipinski definition) is 1. The molecule has 8 heteroatoms. The predicted octanol–water partition coefficient (Wildman–Crippen LogP) is 3.50. The van der Waals surface area contributed by atoms with Crippen LogP contribution in [0.3, 0.4) is 0 Å². The summed E-state index contributed by atoms with van der Waals surface area (Å²) in [7, 11) is 0. The van der Waals surface area contributed by atoms with E-state index in [0.29, 0.717) is 29.3 Å². The summed E-state index contributed by atoms with van der Waals surface area (Å²) in [6, 6.07) is 9.69. The monoisotopic (exact) mass is 382 g/mol. The van der Waals surface area contributed by atoms with E-state index >= 15 is 0 Å².